The van der Waals surface area contributed by atoms with Gasteiger partial charge >= 0.3 is 6.09 Å². The number of benzene rings is 1. The molecule has 0 bridgehead atoms. The summed E-state index contributed by atoms with van der Waals surface area (Å²) in [6.07, 6.45) is -0.240. The molecule has 0 radical (unpaired) electrons. The third kappa shape index (κ3) is 5.47. The first-order valence-electron chi connectivity index (χ1n) is 6.93. The minimum absolute atomic E-state index is 0.178. The quantitative estimate of drug-likeness (QED) is 0.761. The molecule has 6 nitrogen and oxygen atoms in total. The van der Waals surface area contributed by atoms with E-state index in [0.29, 0.717) is 13.2 Å². The topological polar surface area (TPSA) is 72.9 Å². The van der Waals surface area contributed by atoms with Crippen LogP contribution in [0.15, 0.2) is 30.3 Å². The largest absolute Gasteiger partial charge is 0.445 e. The van der Waals surface area contributed by atoms with Crippen molar-refractivity contribution >= 4 is 25.8 Å². The van der Waals surface area contributed by atoms with Gasteiger partial charge in [0, 0.05) is 17.2 Å². The fraction of sp³-hybridized carbons (Fsp3) is 0.500. The van der Waals surface area contributed by atoms with Gasteiger partial charge in [0.25, 0.3) is 0 Å². The highest BCUT2D eigenvalue weighted by atomic mass is 35.7. The van der Waals surface area contributed by atoms with Crippen LogP contribution in [0.4, 0.5) is 4.79 Å². The Bertz CT molecular complexity index is 593. The normalized spacial score (nSPS) is 19.0. The Morgan fingerprint density at radius 3 is 2.77 bits per heavy atom. The van der Waals surface area contributed by atoms with Crippen molar-refractivity contribution in [2.75, 3.05) is 25.5 Å². The van der Waals surface area contributed by atoms with Crippen LogP contribution in [-0.2, 0) is 25.1 Å². The van der Waals surface area contributed by atoms with Gasteiger partial charge in [0.15, 0.2) is 0 Å². The molecule has 1 amide bonds. The second-order valence-corrected chi connectivity index (χ2v) is 7.89. The number of rotatable bonds is 5. The first-order chi connectivity index (χ1) is 10.5. The number of ether oxygens (including phenoxy) is 2. The zero-order valence-electron chi connectivity index (χ0n) is 12.0. The summed E-state index contributed by atoms with van der Waals surface area (Å²) in [5.74, 6) is -0.203. The third-order valence-electron chi connectivity index (χ3n) is 3.36. The molecular weight excluding hydrogens is 330 g/mol. The Morgan fingerprint density at radius 2 is 2.09 bits per heavy atom. The van der Waals surface area contributed by atoms with E-state index in [4.69, 9.17) is 20.2 Å². The second kappa shape index (κ2) is 7.80. The number of hydrogen-bond acceptors (Lipinski definition) is 5. The molecule has 1 saturated heterocycles. The molecule has 1 aliphatic heterocycles. The molecule has 2 rings (SSSR count). The van der Waals surface area contributed by atoms with E-state index < -0.39 is 15.1 Å². The van der Waals surface area contributed by atoms with E-state index in [9.17, 15) is 13.2 Å². The predicted octanol–water partition coefficient (Wildman–Crippen LogP) is 1.98. The summed E-state index contributed by atoms with van der Waals surface area (Å²) < 4.78 is 32.7. The van der Waals surface area contributed by atoms with Gasteiger partial charge in [0.05, 0.1) is 25.0 Å². The molecule has 1 aromatic rings. The summed E-state index contributed by atoms with van der Waals surface area (Å²) in [7, 11) is 1.63. The minimum atomic E-state index is -3.59. The van der Waals surface area contributed by atoms with Gasteiger partial charge in [0.1, 0.15) is 6.61 Å². The highest BCUT2D eigenvalue weighted by molar-refractivity contribution is 8.13. The summed E-state index contributed by atoms with van der Waals surface area (Å²) in [5.41, 5.74) is 0.893. The number of halogens is 1. The lowest BCUT2D eigenvalue weighted by Gasteiger charge is -2.34. The molecule has 1 atom stereocenters. The van der Waals surface area contributed by atoms with Gasteiger partial charge in [-0.3, -0.25) is 0 Å². The summed E-state index contributed by atoms with van der Waals surface area (Å²) >= 11 is 0. The Balaban J connectivity index is 1.90. The number of carbonyl (C=O) groups excluding carboxylic acids is 1. The van der Waals surface area contributed by atoms with Gasteiger partial charge in [-0.05, 0) is 12.0 Å². The lowest BCUT2D eigenvalue weighted by Crippen LogP contribution is -2.49. The zero-order chi connectivity index (χ0) is 16.0. The smallest absolute Gasteiger partial charge is 0.410 e. The molecular formula is C14H18ClNO5S. The monoisotopic (exact) mass is 347 g/mol. The molecule has 0 spiro atoms. The summed E-state index contributed by atoms with van der Waals surface area (Å²) in [5, 5.41) is 0. The van der Waals surface area contributed by atoms with Crippen molar-refractivity contribution in [2.24, 2.45) is 0 Å². The number of morpholine rings is 1. The van der Waals surface area contributed by atoms with Crippen LogP contribution >= 0.6 is 10.7 Å². The van der Waals surface area contributed by atoms with E-state index in [1.807, 2.05) is 30.3 Å². The van der Waals surface area contributed by atoms with Crippen molar-refractivity contribution in [3.05, 3.63) is 35.9 Å². The second-order valence-electron chi connectivity index (χ2n) is 4.99. The lowest BCUT2D eigenvalue weighted by molar-refractivity contribution is -0.0113. The Morgan fingerprint density at radius 1 is 1.36 bits per heavy atom. The Kier molecular flexibility index (Phi) is 6.05. The Hall–Kier alpha value is -1.31. The van der Waals surface area contributed by atoms with Crippen LogP contribution in [0.2, 0.25) is 0 Å². The predicted molar refractivity (Wildman–Crippen MR) is 82.2 cm³/mol. The molecule has 0 saturated carbocycles. The van der Waals surface area contributed by atoms with Crippen molar-refractivity contribution < 1.29 is 22.7 Å². The van der Waals surface area contributed by atoms with E-state index in [0.717, 1.165) is 5.56 Å². The minimum Gasteiger partial charge on any atom is -0.445 e. The van der Waals surface area contributed by atoms with Crippen LogP contribution in [0, 0.1) is 0 Å². The van der Waals surface area contributed by atoms with Crippen LogP contribution in [-0.4, -0.2) is 51.0 Å². The number of hydrogen-bond donors (Lipinski definition) is 0. The average Bonchev–Trinajstić information content (AvgIpc) is 2.51. The molecule has 0 aromatic heterocycles. The summed E-state index contributed by atoms with van der Waals surface area (Å²) in [6.45, 7) is 1.25. The van der Waals surface area contributed by atoms with Crippen LogP contribution in [0.1, 0.15) is 12.0 Å². The maximum absolute atomic E-state index is 12.2. The summed E-state index contributed by atoms with van der Waals surface area (Å²) in [6, 6.07) is 9.01. The Labute approximate surface area is 134 Å². The number of carbonyl (C=O) groups is 1. The SMILES string of the molecule is O=C(OCc1ccccc1)N1CCOCC1CCS(=O)(=O)Cl. The van der Waals surface area contributed by atoms with Crippen LogP contribution in [0.3, 0.4) is 0 Å². The molecule has 1 aromatic carbocycles. The first-order valence-corrected chi connectivity index (χ1v) is 9.41. The lowest BCUT2D eigenvalue weighted by atomic mass is 10.2. The standard InChI is InChI=1S/C14H18ClNO5S/c15-22(18,19)9-6-13-11-20-8-7-16(13)14(17)21-10-12-4-2-1-3-5-12/h1-5,13H,6-11H2. The highest BCUT2D eigenvalue weighted by Gasteiger charge is 2.29. The maximum atomic E-state index is 12.2. The molecule has 1 fully saturated rings. The molecule has 1 heterocycles. The fourth-order valence-corrected chi connectivity index (χ4v) is 3.03. The van der Waals surface area contributed by atoms with Gasteiger partial charge in [0.2, 0.25) is 9.05 Å². The van der Waals surface area contributed by atoms with Crippen molar-refractivity contribution in [1.29, 1.82) is 0 Å². The van der Waals surface area contributed by atoms with E-state index in [2.05, 4.69) is 0 Å². The van der Waals surface area contributed by atoms with Crippen LogP contribution in [0.5, 0.6) is 0 Å². The molecule has 1 unspecified atom stereocenters. The van der Waals surface area contributed by atoms with E-state index >= 15 is 0 Å². The summed E-state index contributed by atoms with van der Waals surface area (Å²) in [4.78, 5) is 13.7. The molecule has 0 aliphatic carbocycles. The number of nitrogens with zero attached hydrogens (tertiary/aromatic N) is 1. The van der Waals surface area contributed by atoms with E-state index in [-0.39, 0.29) is 31.4 Å². The van der Waals surface area contributed by atoms with Crippen molar-refractivity contribution in [1.82, 2.24) is 4.90 Å². The maximum Gasteiger partial charge on any atom is 0.410 e. The molecule has 122 valence electrons. The third-order valence-corrected chi connectivity index (χ3v) is 4.55. The van der Waals surface area contributed by atoms with Gasteiger partial charge < -0.3 is 14.4 Å². The van der Waals surface area contributed by atoms with Crippen LogP contribution in [0.25, 0.3) is 0 Å². The molecule has 0 N–H and O–H groups in total. The van der Waals surface area contributed by atoms with Gasteiger partial charge in [-0.15, -0.1) is 0 Å². The van der Waals surface area contributed by atoms with Crippen molar-refractivity contribution in [2.45, 2.75) is 19.1 Å². The van der Waals surface area contributed by atoms with Gasteiger partial charge in [-0.25, -0.2) is 13.2 Å². The number of amides is 1. The van der Waals surface area contributed by atoms with Crippen LogP contribution < -0.4 is 0 Å². The van der Waals surface area contributed by atoms with E-state index in [1.165, 1.54) is 4.90 Å². The molecule has 22 heavy (non-hydrogen) atoms. The van der Waals surface area contributed by atoms with Crippen molar-refractivity contribution in [3.8, 4) is 0 Å². The average molecular weight is 348 g/mol. The van der Waals surface area contributed by atoms with Gasteiger partial charge in [-0.2, -0.15) is 0 Å². The van der Waals surface area contributed by atoms with Crippen molar-refractivity contribution in [3.63, 3.8) is 0 Å². The fourth-order valence-electron chi connectivity index (χ4n) is 2.21. The zero-order valence-corrected chi connectivity index (χ0v) is 13.6. The van der Waals surface area contributed by atoms with E-state index in [1.54, 1.807) is 0 Å². The highest BCUT2D eigenvalue weighted by Crippen LogP contribution is 2.15. The van der Waals surface area contributed by atoms with Gasteiger partial charge in [-0.1, -0.05) is 30.3 Å². The first kappa shape index (κ1) is 17.1. The molecule has 8 heteroatoms. The molecule has 1 aliphatic rings.